The average molecular weight is 776 g/mol. The number of hydrogen-bond acceptors (Lipinski definition) is 3. The number of furan rings is 1. The minimum Gasteiger partial charge on any atom is -0.456 e. The van der Waals surface area contributed by atoms with Gasteiger partial charge in [-0.25, -0.2) is 4.85 Å². The Morgan fingerprint density at radius 2 is 1.10 bits per heavy atom. The summed E-state index contributed by atoms with van der Waals surface area (Å²) >= 11 is 0. The second kappa shape index (κ2) is 12.4. The Morgan fingerprint density at radius 3 is 1.85 bits per heavy atom. The molecular weight excluding hydrogens is 747 g/mol. The molecule has 61 heavy (non-hydrogen) atoms. The molecule has 13 rings (SSSR count). The zero-order valence-electron chi connectivity index (χ0n) is 32.4. The third-order valence-electron chi connectivity index (χ3n) is 12.6. The van der Waals surface area contributed by atoms with Gasteiger partial charge in [-0.15, -0.1) is 0 Å². The van der Waals surface area contributed by atoms with Crippen LogP contribution in [0.15, 0.2) is 180 Å². The van der Waals surface area contributed by atoms with Crippen molar-refractivity contribution in [2.24, 2.45) is 0 Å². The molecule has 0 atom stereocenters. The highest BCUT2D eigenvalue weighted by Gasteiger charge is 2.32. The second-order valence-electron chi connectivity index (χ2n) is 15.6. The van der Waals surface area contributed by atoms with Gasteiger partial charge < -0.3 is 13.6 Å². The number of para-hydroxylation sites is 2. The molecule has 4 aromatic heterocycles. The first kappa shape index (κ1) is 33.3. The van der Waals surface area contributed by atoms with Crippen LogP contribution >= 0.6 is 0 Å². The molecule has 0 unspecified atom stereocenters. The fourth-order valence-electron chi connectivity index (χ4n) is 10.2. The minimum atomic E-state index is 0.398. The molecule has 0 aliphatic heterocycles. The van der Waals surface area contributed by atoms with Crippen molar-refractivity contribution in [1.82, 2.24) is 14.1 Å². The Morgan fingerprint density at radius 1 is 0.492 bits per heavy atom. The summed E-state index contributed by atoms with van der Waals surface area (Å²) in [4.78, 5) is 9.39. The van der Waals surface area contributed by atoms with Gasteiger partial charge >= 0.3 is 0 Å². The molecule has 6 nitrogen and oxygen atoms in total. The van der Waals surface area contributed by atoms with Crippen LogP contribution in [0.5, 0.6) is 0 Å². The van der Waals surface area contributed by atoms with E-state index in [1.165, 1.54) is 0 Å². The van der Waals surface area contributed by atoms with Crippen LogP contribution in [-0.4, -0.2) is 14.1 Å². The van der Waals surface area contributed by atoms with E-state index in [0.29, 0.717) is 28.2 Å². The quantitative estimate of drug-likeness (QED) is 0.132. The molecule has 0 saturated heterocycles. The molecule has 0 aliphatic rings. The Hall–Kier alpha value is -8.71. The maximum atomic E-state index is 11.7. The van der Waals surface area contributed by atoms with Crippen molar-refractivity contribution in [3.8, 4) is 39.7 Å². The molecule has 280 valence electrons. The molecule has 13 aromatic rings. The highest BCUT2D eigenvalue weighted by atomic mass is 16.3. The largest absolute Gasteiger partial charge is 0.456 e. The lowest BCUT2D eigenvalue weighted by Gasteiger charge is -2.25. The van der Waals surface area contributed by atoms with E-state index in [9.17, 15) is 5.26 Å². The van der Waals surface area contributed by atoms with Crippen molar-refractivity contribution in [2.45, 2.75) is 0 Å². The number of nitriles is 1. The predicted octanol–water partition coefficient (Wildman–Crippen LogP) is 14.7. The van der Waals surface area contributed by atoms with E-state index >= 15 is 0 Å². The van der Waals surface area contributed by atoms with Gasteiger partial charge in [-0.1, -0.05) is 127 Å². The number of hydrogen-bond donors (Lipinski definition) is 0. The lowest BCUT2D eigenvalue weighted by Crippen LogP contribution is -2.08. The van der Waals surface area contributed by atoms with Crippen molar-refractivity contribution < 1.29 is 4.42 Å². The first-order valence-corrected chi connectivity index (χ1v) is 20.2. The average Bonchev–Trinajstić information content (AvgIpc) is 3.97. The van der Waals surface area contributed by atoms with Crippen molar-refractivity contribution in [3.63, 3.8) is 0 Å². The van der Waals surface area contributed by atoms with Crippen molar-refractivity contribution in [2.75, 3.05) is 0 Å². The molecule has 0 amide bonds. The molecule has 6 heteroatoms. The number of aromatic nitrogens is 3. The van der Waals surface area contributed by atoms with Crippen LogP contribution in [0.1, 0.15) is 5.56 Å². The Bertz CT molecular complexity index is 3980. The first-order chi connectivity index (χ1) is 30.2. The minimum absolute atomic E-state index is 0.398. The standard InChI is InChI=1S/C55H29N5O/c1-57-53-48(32-15-4-2-5-16-32)41(31-56)54(59-42-24-10-8-19-34(42)39-29-40-35-20-9-11-27-46(35)61-47(40)30-45(39)59)49(33-17-6-3-7-18-33)55(53)60-43-25-12-21-36-37-23-14-28-58-52(37)38-22-13-26-44(60)51(38)50(36)43/h2-30H. The number of rotatable bonds is 4. The highest BCUT2D eigenvalue weighted by Crippen LogP contribution is 2.53. The van der Waals surface area contributed by atoms with E-state index in [2.05, 4.69) is 117 Å². The summed E-state index contributed by atoms with van der Waals surface area (Å²) in [5, 5.41) is 21.3. The molecule has 4 heterocycles. The molecule has 0 bridgehead atoms. The van der Waals surface area contributed by atoms with Crippen LogP contribution in [0.3, 0.4) is 0 Å². The van der Waals surface area contributed by atoms with Crippen molar-refractivity contribution in [3.05, 3.63) is 193 Å². The highest BCUT2D eigenvalue weighted by molar-refractivity contribution is 6.34. The summed E-state index contributed by atoms with van der Waals surface area (Å²) in [7, 11) is 0. The number of nitrogens with zero attached hydrogens (tertiary/aromatic N) is 5. The zero-order valence-corrected chi connectivity index (χ0v) is 32.4. The van der Waals surface area contributed by atoms with Crippen LogP contribution in [-0.2, 0) is 0 Å². The van der Waals surface area contributed by atoms with Crippen LogP contribution in [0.2, 0.25) is 0 Å². The van der Waals surface area contributed by atoms with E-state index in [4.69, 9.17) is 16.0 Å². The Kier molecular flexibility index (Phi) is 6.76. The fourth-order valence-corrected chi connectivity index (χ4v) is 10.2. The molecular formula is C55H29N5O. The summed E-state index contributed by atoms with van der Waals surface area (Å²) in [6, 6.07) is 60.7. The summed E-state index contributed by atoms with van der Waals surface area (Å²) in [5.74, 6) is 0. The van der Waals surface area contributed by atoms with Crippen molar-refractivity contribution in [1.29, 1.82) is 5.26 Å². The third-order valence-corrected chi connectivity index (χ3v) is 12.6. The third kappa shape index (κ3) is 4.40. The second-order valence-corrected chi connectivity index (χ2v) is 15.6. The maximum Gasteiger partial charge on any atom is 0.220 e. The maximum absolute atomic E-state index is 11.7. The normalized spacial score (nSPS) is 11.9. The summed E-state index contributed by atoms with van der Waals surface area (Å²) < 4.78 is 11.1. The van der Waals surface area contributed by atoms with Crippen LogP contribution in [0.25, 0.3) is 126 Å². The van der Waals surface area contributed by atoms with Crippen LogP contribution in [0.4, 0.5) is 5.69 Å². The molecule has 0 spiro atoms. The number of pyridine rings is 1. The molecule has 0 radical (unpaired) electrons. The monoisotopic (exact) mass is 775 g/mol. The van der Waals surface area contributed by atoms with Gasteiger partial charge in [0.1, 0.15) is 17.2 Å². The van der Waals surface area contributed by atoms with Gasteiger partial charge in [0.25, 0.3) is 0 Å². The van der Waals surface area contributed by atoms with Gasteiger partial charge in [0.05, 0.1) is 51.1 Å². The summed E-state index contributed by atoms with van der Waals surface area (Å²) in [5.41, 5.74) is 11.5. The van der Waals surface area contributed by atoms with Crippen LogP contribution < -0.4 is 0 Å². The van der Waals surface area contributed by atoms with Gasteiger partial charge in [-0.2, -0.15) is 5.26 Å². The fraction of sp³-hybridized carbons (Fsp3) is 0. The smallest absolute Gasteiger partial charge is 0.220 e. The first-order valence-electron chi connectivity index (χ1n) is 20.2. The molecule has 0 aliphatic carbocycles. The van der Waals surface area contributed by atoms with E-state index in [1.54, 1.807) is 0 Å². The Labute approximate surface area is 348 Å². The lowest BCUT2D eigenvalue weighted by molar-refractivity contribution is 0.669. The SMILES string of the molecule is [C-]#[N+]c1c(-c2ccccc2)c(C#N)c(-n2c3ccccc3c3cc4c(cc32)oc2ccccc24)c(-c2ccccc2)c1-n1c2cccc3c4cccnc4c4cccc1c4c32. The van der Waals surface area contributed by atoms with E-state index in [1.807, 2.05) is 79.0 Å². The van der Waals surface area contributed by atoms with Crippen molar-refractivity contribution >= 4 is 92.9 Å². The molecule has 0 N–H and O–H groups in total. The topological polar surface area (TPSA) is 64.0 Å². The molecule has 0 fully saturated rings. The van der Waals surface area contributed by atoms with Gasteiger partial charge in [0, 0.05) is 66.5 Å². The van der Waals surface area contributed by atoms with E-state index in [-0.39, 0.29) is 0 Å². The Balaban J connectivity index is 1.31. The van der Waals surface area contributed by atoms with Gasteiger partial charge in [0.15, 0.2) is 0 Å². The predicted molar refractivity (Wildman–Crippen MR) is 248 cm³/mol. The number of benzene rings is 9. The van der Waals surface area contributed by atoms with E-state index in [0.717, 1.165) is 104 Å². The molecule has 9 aromatic carbocycles. The summed E-state index contributed by atoms with van der Waals surface area (Å²) in [6.45, 7) is 9.15. The van der Waals surface area contributed by atoms with E-state index < -0.39 is 0 Å². The van der Waals surface area contributed by atoms with Gasteiger partial charge in [0.2, 0.25) is 5.69 Å². The number of fused-ring (bicyclic) bond motifs is 9. The van der Waals surface area contributed by atoms with Gasteiger partial charge in [-0.05, 0) is 52.9 Å². The summed E-state index contributed by atoms with van der Waals surface area (Å²) in [6.07, 6.45) is 1.86. The van der Waals surface area contributed by atoms with Crippen LogP contribution in [0, 0.1) is 17.9 Å². The lowest BCUT2D eigenvalue weighted by atomic mass is 9.88. The zero-order chi connectivity index (χ0) is 40.3. The molecule has 0 saturated carbocycles. The van der Waals surface area contributed by atoms with Gasteiger partial charge in [-0.3, -0.25) is 4.98 Å².